The number of esters is 1. The number of nitrogens with zero attached hydrogens (tertiary/aromatic N) is 1. The van der Waals surface area contributed by atoms with Crippen LogP contribution in [0, 0.1) is 12.7 Å². The number of hydrogen-bond acceptors (Lipinski definition) is 6. The van der Waals surface area contributed by atoms with Crippen molar-refractivity contribution >= 4 is 45.5 Å². The van der Waals surface area contributed by atoms with Gasteiger partial charge in [0.25, 0.3) is 11.8 Å². The lowest BCUT2D eigenvalue weighted by atomic mass is 9.99. The molecular weight excluding hydrogens is 741 g/mol. The molecule has 2 atom stereocenters. The molecule has 9 nitrogen and oxygen atoms in total. The Kier molecular flexibility index (Phi) is 12.4. The van der Waals surface area contributed by atoms with Crippen LogP contribution >= 0.6 is 15.9 Å². The highest BCUT2D eigenvalue weighted by Gasteiger charge is 2.37. The van der Waals surface area contributed by atoms with E-state index in [0.29, 0.717) is 22.3 Å². The average molecular weight is 781 g/mol. The predicted octanol–water partition coefficient (Wildman–Crippen LogP) is 9.09. The van der Waals surface area contributed by atoms with Crippen molar-refractivity contribution in [2.45, 2.75) is 51.9 Å². The molecule has 0 aliphatic carbocycles. The summed E-state index contributed by atoms with van der Waals surface area (Å²) in [5.41, 5.74) is 2.01. The van der Waals surface area contributed by atoms with E-state index in [9.17, 15) is 23.6 Å². The van der Waals surface area contributed by atoms with Gasteiger partial charge in [-0.05, 0) is 92.9 Å². The Bertz CT molecular complexity index is 2050. The molecule has 0 aromatic heterocycles. The summed E-state index contributed by atoms with van der Waals surface area (Å²) >= 11 is 3.45. The Hall–Kier alpha value is -5.81. The van der Waals surface area contributed by atoms with Crippen molar-refractivity contribution in [3.8, 4) is 5.75 Å². The summed E-state index contributed by atoms with van der Waals surface area (Å²) < 4.78 is 26.0. The first-order valence-corrected chi connectivity index (χ1v) is 17.6. The highest BCUT2D eigenvalue weighted by molar-refractivity contribution is 9.10. The van der Waals surface area contributed by atoms with Crippen molar-refractivity contribution in [2.24, 2.45) is 0 Å². The summed E-state index contributed by atoms with van der Waals surface area (Å²) in [6, 6.07) is 31.8. The third kappa shape index (κ3) is 10.6. The molecule has 5 aromatic carbocycles. The van der Waals surface area contributed by atoms with Gasteiger partial charge in [0, 0.05) is 11.0 Å². The van der Waals surface area contributed by atoms with Gasteiger partial charge in [-0.1, -0.05) is 100 Å². The zero-order chi connectivity index (χ0) is 38.1. The second-order valence-electron chi connectivity index (χ2n) is 13.3. The molecule has 272 valence electrons. The topological polar surface area (TPSA) is 114 Å². The predicted molar refractivity (Wildman–Crippen MR) is 204 cm³/mol. The van der Waals surface area contributed by atoms with E-state index in [1.807, 2.05) is 6.92 Å². The van der Waals surface area contributed by atoms with Gasteiger partial charge in [0.15, 0.2) is 5.75 Å². The first-order valence-electron chi connectivity index (χ1n) is 16.8. The van der Waals surface area contributed by atoms with Crippen molar-refractivity contribution in [3.63, 3.8) is 0 Å². The maximum Gasteiger partial charge on any atom is 0.408 e. The second kappa shape index (κ2) is 17.1. The van der Waals surface area contributed by atoms with Crippen molar-refractivity contribution in [3.05, 3.63) is 166 Å². The minimum Gasteiger partial charge on any atom is -0.444 e. The molecule has 3 amide bonds. The van der Waals surface area contributed by atoms with Gasteiger partial charge in [0.05, 0.1) is 11.3 Å². The number of halogens is 2. The van der Waals surface area contributed by atoms with Gasteiger partial charge in [-0.3, -0.25) is 9.59 Å². The Morgan fingerprint density at radius 2 is 1.40 bits per heavy atom. The van der Waals surface area contributed by atoms with Gasteiger partial charge in [-0.15, -0.1) is 0 Å². The summed E-state index contributed by atoms with van der Waals surface area (Å²) in [4.78, 5) is 57.3. The molecule has 0 bridgehead atoms. The maximum atomic E-state index is 15.0. The molecule has 0 saturated carbocycles. The highest BCUT2D eigenvalue weighted by Crippen LogP contribution is 2.32. The second-order valence-corrected chi connectivity index (χ2v) is 14.2. The minimum atomic E-state index is -1.31. The number of carbonyl (C=O) groups is 4. The normalized spacial score (nSPS) is 12.2. The van der Waals surface area contributed by atoms with Crippen LogP contribution in [-0.2, 0) is 20.9 Å². The van der Waals surface area contributed by atoms with Gasteiger partial charge < -0.3 is 25.0 Å². The van der Waals surface area contributed by atoms with Crippen LogP contribution in [0.5, 0.6) is 5.75 Å². The molecule has 11 heteroatoms. The monoisotopic (exact) mass is 779 g/mol. The standard InChI is InChI=1S/C42H39BrFN3O6/c1-27-14-18-31(19-15-27)40(50)52-35-13-9-8-12-34(35)45-38(48)37(30-20-22-32(43)23-21-30)47(26-28-16-24-33(44)25-17-28)39(49)36(29-10-6-5-7-11-29)46-41(51)53-42(2,3)4/h5-25,36-37H,26H2,1-4H3,(H,45,48)(H,46,51). The van der Waals surface area contributed by atoms with Crippen LogP contribution in [0.25, 0.3) is 0 Å². The third-order valence-electron chi connectivity index (χ3n) is 7.97. The number of rotatable bonds is 11. The zero-order valence-corrected chi connectivity index (χ0v) is 31.2. The SMILES string of the molecule is Cc1ccc(C(=O)Oc2ccccc2NC(=O)C(c2ccc(Br)cc2)N(Cc2ccc(F)cc2)C(=O)C(NC(=O)OC(C)(C)C)c2ccccc2)cc1. The summed E-state index contributed by atoms with van der Waals surface area (Å²) in [6.07, 6.45) is -0.838. The van der Waals surface area contributed by atoms with E-state index in [-0.39, 0.29) is 18.0 Å². The number of nitrogens with one attached hydrogen (secondary N) is 2. The Balaban J connectivity index is 1.58. The number of aryl methyl sites for hydroxylation is 1. The Morgan fingerprint density at radius 3 is 2.04 bits per heavy atom. The fourth-order valence-electron chi connectivity index (χ4n) is 5.43. The number of amides is 3. The van der Waals surface area contributed by atoms with Gasteiger partial charge in [-0.25, -0.2) is 14.0 Å². The first kappa shape index (κ1) is 38.4. The molecule has 5 rings (SSSR count). The molecular formula is C42H39BrFN3O6. The average Bonchev–Trinajstić information content (AvgIpc) is 3.12. The van der Waals surface area contributed by atoms with Gasteiger partial charge in [0.2, 0.25) is 0 Å². The fourth-order valence-corrected chi connectivity index (χ4v) is 5.70. The number of hydrogen-bond donors (Lipinski definition) is 2. The molecule has 53 heavy (non-hydrogen) atoms. The van der Waals surface area contributed by atoms with Crippen molar-refractivity contribution < 1.29 is 33.0 Å². The number of anilines is 1. The minimum absolute atomic E-state index is 0.0890. The number of ether oxygens (including phenoxy) is 2. The Morgan fingerprint density at radius 1 is 0.774 bits per heavy atom. The maximum absolute atomic E-state index is 15.0. The van der Waals surface area contributed by atoms with Gasteiger partial charge >= 0.3 is 12.1 Å². The summed E-state index contributed by atoms with van der Waals surface area (Å²) in [7, 11) is 0. The molecule has 2 N–H and O–H groups in total. The van der Waals surface area contributed by atoms with Crippen LogP contribution < -0.4 is 15.4 Å². The number of benzene rings is 5. The number of carbonyl (C=O) groups excluding carboxylic acids is 4. The lowest BCUT2D eigenvalue weighted by Gasteiger charge is -2.35. The smallest absolute Gasteiger partial charge is 0.408 e. The van der Waals surface area contributed by atoms with Crippen LogP contribution in [0.15, 0.2) is 132 Å². The van der Waals surface area contributed by atoms with Crippen molar-refractivity contribution in [2.75, 3.05) is 5.32 Å². The van der Waals surface area contributed by atoms with E-state index in [2.05, 4.69) is 26.6 Å². The molecule has 0 aliphatic rings. The summed E-state index contributed by atoms with van der Waals surface area (Å²) in [6.45, 7) is 6.86. The third-order valence-corrected chi connectivity index (χ3v) is 8.50. The molecule has 0 saturated heterocycles. The Labute approximate surface area is 316 Å². The fraction of sp³-hybridized carbons (Fsp3) is 0.190. The zero-order valence-electron chi connectivity index (χ0n) is 29.6. The van der Waals surface area contributed by atoms with Crippen LogP contribution in [0.3, 0.4) is 0 Å². The summed E-state index contributed by atoms with van der Waals surface area (Å²) in [5, 5.41) is 5.59. The molecule has 0 aliphatic heterocycles. The lowest BCUT2D eigenvalue weighted by Crippen LogP contribution is -2.48. The number of para-hydroxylation sites is 2. The molecule has 0 heterocycles. The van der Waals surface area contributed by atoms with E-state index >= 15 is 0 Å². The van der Waals surface area contributed by atoms with Crippen molar-refractivity contribution in [1.82, 2.24) is 10.2 Å². The number of alkyl carbamates (subject to hydrolysis) is 1. The molecule has 5 aromatic rings. The molecule has 2 unspecified atom stereocenters. The van der Waals surface area contributed by atoms with E-state index in [1.54, 1.807) is 124 Å². The molecule has 0 radical (unpaired) electrons. The lowest BCUT2D eigenvalue weighted by molar-refractivity contribution is -0.141. The molecule has 0 spiro atoms. The van der Waals surface area contributed by atoms with Crippen LogP contribution in [0.1, 0.15) is 65.5 Å². The van der Waals surface area contributed by atoms with Crippen LogP contribution in [0.4, 0.5) is 14.9 Å². The van der Waals surface area contributed by atoms with E-state index in [0.717, 1.165) is 10.0 Å². The van der Waals surface area contributed by atoms with Gasteiger partial charge in [-0.2, -0.15) is 0 Å². The molecule has 0 fully saturated rings. The largest absolute Gasteiger partial charge is 0.444 e. The first-order chi connectivity index (χ1) is 25.3. The van der Waals surface area contributed by atoms with Crippen molar-refractivity contribution in [1.29, 1.82) is 0 Å². The van der Waals surface area contributed by atoms with Crippen LogP contribution in [-0.4, -0.2) is 34.4 Å². The highest BCUT2D eigenvalue weighted by atomic mass is 79.9. The quantitative estimate of drug-likeness (QED) is 0.102. The summed E-state index contributed by atoms with van der Waals surface area (Å²) in [5.74, 6) is -2.30. The van der Waals surface area contributed by atoms with Crippen LogP contribution in [0.2, 0.25) is 0 Å². The van der Waals surface area contributed by atoms with Gasteiger partial charge in [0.1, 0.15) is 23.5 Å². The van der Waals surface area contributed by atoms with E-state index in [1.165, 1.54) is 29.2 Å². The van der Waals surface area contributed by atoms with E-state index < -0.39 is 47.4 Å². The van der Waals surface area contributed by atoms with E-state index in [4.69, 9.17) is 9.47 Å².